The summed E-state index contributed by atoms with van der Waals surface area (Å²) in [5.74, 6) is -1.24. The van der Waals surface area contributed by atoms with Crippen molar-refractivity contribution in [1.29, 1.82) is 0 Å². The number of rotatable bonds is 2. The van der Waals surface area contributed by atoms with Crippen LogP contribution in [0.3, 0.4) is 0 Å². The number of halogens is 1. The van der Waals surface area contributed by atoms with Crippen molar-refractivity contribution in [1.82, 2.24) is 4.98 Å². The van der Waals surface area contributed by atoms with Gasteiger partial charge in [0.2, 0.25) is 0 Å². The van der Waals surface area contributed by atoms with E-state index in [0.29, 0.717) is 11.1 Å². The molecule has 17 heavy (non-hydrogen) atoms. The molecule has 0 saturated carbocycles. The van der Waals surface area contributed by atoms with Crippen LogP contribution in [-0.2, 0) is 0 Å². The van der Waals surface area contributed by atoms with E-state index in [9.17, 15) is 9.59 Å². The SMILES string of the molecule is O=C(O)c1c(-c2ccccc2Br)cc[nH]c1=O. The van der Waals surface area contributed by atoms with E-state index in [0.717, 1.165) is 4.47 Å². The summed E-state index contributed by atoms with van der Waals surface area (Å²) in [5.41, 5.74) is 0.217. The van der Waals surface area contributed by atoms with Crippen molar-refractivity contribution in [2.75, 3.05) is 0 Å². The maximum atomic E-state index is 11.5. The van der Waals surface area contributed by atoms with Crippen molar-refractivity contribution in [3.8, 4) is 11.1 Å². The number of carboxylic acids is 1. The first-order valence-electron chi connectivity index (χ1n) is 4.81. The first-order chi connectivity index (χ1) is 8.11. The van der Waals surface area contributed by atoms with Gasteiger partial charge in [0, 0.05) is 16.2 Å². The van der Waals surface area contributed by atoms with Gasteiger partial charge in [-0.05, 0) is 17.7 Å². The lowest BCUT2D eigenvalue weighted by Crippen LogP contribution is -2.18. The van der Waals surface area contributed by atoms with Crippen LogP contribution in [0.1, 0.15) is 10.4 Å². The highest BCUT2D eigenvalue weighted by atomic mass is 79.9. The van der Waals surface area contributed by atoms with Crippen LogP contribution in [0.5, 0.6) is 0 Å². The van der Waals surface area contributed by atoms with E-state index in [1.807, 2.05) is 6.07 Å². The molecule has 4 nitrogen and oxygen atoms in total. The van der Waals surface area contributed by atoms with Crippen molar-refractivity contribution >= 4 is 21.9 Å². The fraction of sp³-hybridized carbons (Fsp3) is 0. The van der Waals surface area contributed by atoms with E-state index >= 15 is 0 Å². The van der Waals surface area contributed by atoms with E-state index in [-0.39, 0.29) is 5.56 Å². The van der Waals surface area contributed by atoms with Crippen LogP contribution in [0.25, 0.3) is 11.1 Å². The summed E-state index contributed by atoms with van der Waals surface area (Å²) in [6.45, 7) is 0. The number of aromatic nitrogens is 1. The van der Waals surface area contributed by atoms with E-state index in [4.69, 9.17) is 5.11 Å². The summed E-state index contributed by atoms with van der Waals surface area (Å²) in [4.78, 5) is 25.0. The number of aromatic carboxylic acids is 1. The fourth-order valence-corrected chi connectivity index (χ4v) is 2.09. The first kappa shape index (κ1) is 11.6. The topological polar surface area (TPSA) is 70.2 Å². The number of nitrogens with one attached hydrogen (secondary N) is 1. The van der Waals surface area contributed by atoms with Crippen molar-refractivity contribution in [2.45, 2.75) is 0 Å². The second-order valence-electron chi connectivity index (χ2n) is 3.38. The molecule has 0 atom stereocenters. The quantitative estimate of drug-likeness (QED) is 0.894. The third kappa shape index (κ3) is 2.14. The van der Waals surface area contributed by atoms with Crippen molar-refractivity contribution in [2.24, 2.45) is 0 Å². The number of hydrogen-bond acceptors (Lipinski definition) is 2. The monoisotopic (exact) mass is 293 g/mol. The van der Waals surface area contributed by atoms with Crippen LogP contribution in [0.4, 0.5) is 0 Å². The molecule has 0 aliphatic heterocycles. The second kappa shape index (κ2) is 4.55. The fourth-order valence-electron chi connectivity index (χ4n) is 1.59. The predicted molar refractivity (Wildman–Crippen MR) is 67.2 cm³/mol. The summed E-state index contributed by atoms with van der Waals surface area (Å²) in [7, 11) is 0. The van der Waals surface area contributed by atoms with E-state index < -0.39 is 11.5 Å². The normalized spacial score (nSPS) is 10.2. The smallest absolute Gasteiger partial charge is 0.341 e. The lowest BCUT2D eigenvalue weighted by atomic mass is 10.0. The van der Waals surface area contributed by atoms with Gasteiger partial charge >= 0.3 is 5.97 Å². The summed E-state index contributed by atoms with van der Waals surface area (Å²) in [6.07, 6.45) is 1.43. The highest BCUT2D eigenvalue weighted by Crippen LogP contribution is 2.28. The predicted octanol–water partition coefficient (Wildman–Crippen LogP) is 2.50. The zero-order valence-corrected chi connectivity index (χ0v) is 10.2. The molecule has 1 aromatic carbocycles. The molecule has 0 saturated heterocycles. The second-order valence-corrected chi connectivity index (χ2v) is 4.23. The lowest BCUT2D eigenvalue weighted by Gasteiger charge is -2.06. The van der Waals surface area contributed by atoms with Crippen LogP contribution in [0.15, 0.2) is 45.8 Å². The molecule has 2 N–H and O–H groups in total. The Morgan fingerprint density at radius 2 is 1.88 bits per heavy atom. The summed E-state index contributed by atoms with van der Waals surface area (Å²) in [6, 6.07) is 8.73. The Balaban J connectivity index is 2.77. The van der Waals surface area contributed by atoms with E-state index in [1.165, 1.54) is 6.20 Å². The van der Waals surface area contributed by atoms with Crippen molar-refractivity contribution < 1.29 is 9.90 Å². The van der Waals surface area contributed by atoms with Crippen LogP contribution < -0.4 is 5.56 Å². The molecule has 86 valence electrons. The molecular weight excluding hydrogens is 286 g/mol. The largest absolute Gasteiger partial charge is 0.477 e. The van der Waals surface area contributed by atoms with Crippen molar-refractivity contribution in [3.05, 3.63) is 56.9 Å². The Bertz CT molecular complexity index is 634. The van der Waals surface area contributed by atoms with Gasteiger partial charge in [0.1, 0.15) is 5.56 Å². The minimum atomic E-state index is -1.24. The van der Waals surface area contributed by atoms with E-state index in [2.05, 4.69) is 20.9 Å². The molecule has 0 aliphatic carbocycles. The average molecular weight is 294 g/mol. The van der Waals surface area contributed by atoms with Gasteiger partial charge in [-0.25, -0.2) is 4.79 Å². The Morgan fingerprint density at radius 1 is 1.18 bits per heavy atom. The molecule has 0 unspecified atom stereocenters. The molecule has 0 fully saturated rings. The molecule has 2 rings (SSSR count). The molecule has 0 radical (unpaired) electrons. The van der Waals surface area contributed by atoms with Crippen LogP contribution >= 0.6 is 15.9 Å². The van der Waals surface area contributed by atoms with Gasteiger partial charge in [-0.1, -0.05) is 34.1 Å². The Labute approximate surface area is 105 Å². The molecule has 2 aromatic rings. The van der Waals surface area contributed by atoms with Gasteiger partial charge in [-0.2, -0.15) is 0 Å². The van der Waals surface area contributed by atoms with Crippen LogP contribution in [0.2, 0.25) is 0 Å². The molecule has 1 heterocycles. The molecule has 1 aromatic heterocycles. The van der Waals surface area contributed by atoms with Gasteiger partial charge in [0.05, 0.1) is 0 Å². The van der Waals surface area contributed by atoms with Gasteiger partial charge in [-0.3, -0.25) is 4.79 Å². The standard InChI is InChI=1S/C12H8BrNO3/c13-9-4-2-1-3-7(9)8-5-6-14-11(15)10(8)12(16)17/h1-6H,(H,14,15)(H,16,17). The number of carboxylic acid groups (broad SMARTS) is 1. The molecular formula is C12H8BrNO3. The van der Waals surface area contributed by atoms with Crippen LogP contribution in [0, 0.1) is 0 Å². The third-order valence-electron chi connectivity index (χ3n) is 2.34. The maximum Gasteiger partial charge on any atom is 0.341 e. The zero-order valence-electron chi connectivity index (χ0n) is 8.61. The molecule has 0 aliphatic rings. The molecule has 0 spiro atoms. The zero-order chi connectivity index (χ0) is 12.4. The minimum absolute atomic E-state index is 0.251. The summed E-state index contributed by atoms with van der Waals surface area (Å²) < 4.78 is 0.744. The average Bonchev–Trinajstić information content (AvgIpc) is 2.28. The molecule has 0 bridgehead atoms. The molecule has 0 amide bonds. The highest BCUT2D eigenvalue weighted by molar-refractivity contribution is 9.10. The van der Waals surface area contributed by atoms with E-state index in [1.54, 1.807) is 24.3 Å². The summed E-state index contributed by atoms with van der Waals surface area (Å²) in [5, 5.41) is 9.06. The first-order valence-corrected chi connectivity index (χ1v) is 5.60. The number of aromatic amines is 1. The Kier molecular flexibility index (Phi) is 3.10. The highest BCUT2D eigenvalue weighted by Gasteiger charge is 2.16. The number of hydrogen-bond donors (Lipinski definition) is 2. The van der Waals surface area contributed by atoms with Gasteiger partial charge < -0.3 is 10.1 Å². The number of pyridine rings is 1. The lowest BCUT2D eigenvalue weighted by molar-refractivity contribution is 0.0696. The Hall–Kier alpha value is -1.88. The van der Waals surface area contributed by atoms with Crippen LogP contribution in [-0.4, -0.2) is 16.1 Å². The number of H-pyrrole nitrogens is 1. The number of carbonyl (C=O) groups is 1. The van der Waals surface area contributed by atoms with Gasteiger partial charge in [0.15, 0.2) is 0 Å². The molecule has 5 heteroatoms. The van der Waals surface area contributed by atoms with Gasteiger partial charge in [0.25, 0.3) is 5.56 Å². The van der Waals surface area contributed by atoms with Crippen molar-refractivity contribution in [3.63, 3.8) is 0 Å². The Morgan fingerprint density at radius 3 is 2.53 bits per heavy atom. The third-order valence-corrected chi connectivity index (χ3v) is 3.03. The number of benzene rings is 1. The maximum absolute atomic E-state index is 11.5. The van der Waals surface area contributed by atoms with Gasteiger partial charge in [-0.15, -0.1) is 0 Å². The summed E-state index contributed by atoms with van der Waals surface area (Å²) >= 11 is 3.34. The minimum Gasteiger partial charge on any atom is -0.477 e.